The number of aryl methyl sites for hydroxylation is 1. The predicted molar refractivity (Wildman–Crippen MR) is 104 cm³/mol. The van der Waals surface area contributed by atoms with Gasteiger partial charge in [0, 0.05) is 18.7 Å². The third-order valence-electron chi connectivity index (χ3n) is 4.65. The Morgan fingerprint density at radius 2 is 1.86 bits per heavy atom. The molecule has 2 heterocycles. The fourth-order valence-corrected chi connectivity index (χ4v) is 3.16. The number of hydrogen-bond donors (Lipinski definition) is 1. The van der Waals surface area contributed by atoms with E-state index < -0.39 is 6.04 Å². The van der Waals surface area contributed by atoms with E-state index >= 15 is 0 Å². The fourth-order valence-electron chi connectivity index (χ4n) is 3.16. The average molecular weight is 378 g/mol. The maximum absolute atomic E-state index is 12.8. The van der Waals surface area contributed by atoms with Crippen LogP contribution < -0.4 is 10.2 Å². The van der Waals surface area contributed by atoms with E-state index in [0.717, 1.165) is 11.1 Å². The van der Waals surface area contributed by atoms with Gasteiger partial charge in [0.15, 0.2) is 0 Å². The maximum Gasteiger partial charge on any atom is 0.318 e. The van der Waals surface area contributed by atoms with E-state index in [-0.39, 0.29) is 5.91 Å². The molecular formula is C21H22N4O3. The molecule has 1 amide bonds. The second-order valence-corrected chi connectivity index (χ2v) is 6.71. The number of aromatic nitrogens is 2. The molecule has 1 aliphatic heterocycles. The van der Waals surface area contributed by atoms with Crippen LogP contribution in [0.25, 0.3) is 0 Å². The van der Waals surface area contributed by atoms with Gasteiger partial charge in [-0.05, 0) is 24.6 Å². The third kappa shape index (κ3) is 4.04. The molecule has 0 spiro atoms. The van der Waals surface area contributed by atoms with Crippen LogP contribution in [0.2, 0.25) is 0 Å². The van der Waals surface area contributed by atoms with Gasteiger partial charge in [-0.3, -0.25) is 4.79 Å². The van der Waals surface area contributed by atoms with Gasteiger partial charge in [0.2, 0.25) is 5.89 Å². The number of hydrogen-bond acceptors (Lipinski definition) is 6. The first kappa shape index (κ1) is 18.2. The number of ether oxygens (including phenoxy) is 1. The summed E-state index contributed by atoms with van der Waals surface area (Å²) in [5.74, 6) is 0.164. The van der Waals surface area contributed by atoms with Gasteiger partial charge >= 0.3 is 6.01 Å². The van der Waals surface area contributed by atoms with Gasteiger partial charge in [0.05, 0.1) is 13.2 Å². The SMILES string of the molecule is Cc1cccc(C(=O)NC(c2ccccc2)c2nnc(N3CCOCC3)o2)c1. The summed E-state index contributed by atoms with van der Waals surface area (Å²) >= 11 is 0. The zero-order valence-electron chi connectivity index (χ0n) is 15.7. The lowest BCUT2D eigenvalue weighted by molar-refractivity contribution is 0.0937. The van der Waals surface area contributed by atoms with Crippen LogP contribution in [-0.4, -0.2) is 42.4 Å². The van der Waals surface area contributed by atoms with Crippen LogP contribution in [0, 0.1) is 6.92 Å². The van der Waals surface area contributed by atoms with Crippen molar-refractivity contribution in [3.05, 3.63) is 77.2 Å². The fraction of sp³-hybridized carbons (Fsp3) is 0.286. The molecule has 7 heteroatoms. The second-order valence-electron chi connectivity index (χ2n) is 6.71. The number of benzene rings is 2. The van der Waals surface area contributed by atoms with E-state index in [0.29, 0.717) is 43.8 Å². The minimum Gasteiger partial charge on any atom is -0.405 e. The second kappa shape index (κ2) is 8.22. The van der Waals surface area contributed by atoms with Crippen molar-refractivity contribution in [3.63, 3.8) is 0 Å². The highest BCUT2D eigenvalue weighted by atomic mass is 16.5. The number of nitrogens with one attached hydrogen (secondary N) is 1. The van der Waals surface area contributed by atoms with Gasteiger partial charge in [-0.25, -0.2) is 0 Å². The summed E-state index contributed by atoms with van der Waals surface area (Å²) in [6.45, 7) is 4.62. The highest BCUT2D eigenvalue weighted by Gasteiger charge is 2.25. The van der Waals surface area contributed by atoms with Gasteiger partial charge < -0.3 is 19.4 Å². The first-order valence-electron chi connectivity index (χ1n) is 9.29. The molecule has 144 valence electrons. The molecular weight excluding hydrogens is 356 g/mol. The Labute approximate surface area is 163 Å². The monoisotopic (exact) mass is 378 g/mol. The molecule has 1 N–H and O–H groups in total. The number of morpholine rings is 1. The van der Waals surface area contributed by atoms with Crippen LogP contribution in [0.15, 0.2) is 59.0 Å². The summed E-state index contributed by atoms with van der Waals surface area (Å²) < 4.78 is 11.3. The Morgan fingerprint density at radius 3 is 2.61 bits per heavy atom. The minimum absolute atomic E-state index is 0.191. The lowest BCUT2D eigenvalue weighted by atomic mass is 10.1. The standard InChI is InChI=1S/C21H22N4O3/c1-15-6-5-9-17(14-15)19(26)22-18(16-7-3-2-4-8-16)20-23-24-21(28-20)25-10-12-27-13-11-25/h2-9,14,18H,10-13H2,1H3,(H,22,26). The summed E-state index contributed by atoms with van der Waals surface area (Å²) in [5.41, 5.74) is 2.49. The Morgan fingerprint density at radius 1 is 1.07 bits per heavy atom. The summed E-state index contributed by atoms with van der Waals surface area (Å²) in [4.78, 5) is 14.8. The molecule has 0 saturated carbocycles. The normalized spacial score (nSPS) is 15.2. The van der Waals surface area contributed by atoms with Crippen molar-refractivity contribution in [2.24, 2.45) is 0 Å². The molecule has 1 saturated heterocycles. The van der Waals surface area contributed by atoms with Gasteiger partial charge in [-0.1, -0.05) is 53.1 Å². The number of carbonyl (C=O) groups is 1. The highest BCUT2D eigenvalue weighted by Crippen LogP contribution is 2.24. The van der Waals surface area contributed by atoms with Gasteiger partial charge in [0.1, 0.15) is 6.04 Å². The number of anilines is 1. The molecule has 1 atom stereocenters. The Hall–Kier alpha value is -3.19. The first-order valence-corrected chi connectivity index (χ1v) is 9.29. The van der Waals surface area contributed by atoms with Gasteiger partial charge in [-0.15, -0.1) is 5.10 Å². The summed E-state index contributed by atoms with van der Waals surface area (Å²) in [6.07, 6.45) is 0. The molecule has 4 rings (SSSR count). The lowest BCUT2D eigenvalue weighted by Gasteiger charge is -2.24. The molecule has 28 heavy (non-hydrogen) atoms. The van der Waals surface area contributed by atoms with E-state index in [4.69, 9.17) is 9.15 Å². The number of carbonyl (C=O) groups excluding carboxylic acids is 1. The topological polar surface area (TPSA) is 80.5 Å². The van der Waals surface area contributed by atoms with Crippen molar-refractivity contribution in [3.8, 4) is 0 Å². The van der Waals surface area contributed by atoms with E-state index in [9.17, 15) is 4.79 Å². The smallest absolute Gasteiger partial charge is 0.318 e. The molecule has 0 aliphatic carbocycles. The molecule has 0 bridgehead atoms. The van der Waals surface area contributed by atoms with Crippen LogP contribution >= 0.6 is 0 Å². The largest absolute Gasteiger partial charge is 0.405 e. The quantitative estimate of drug-likeness (QED) is 0.735. The van der Waals surface area contributed by atoms with Crippen molar-refractivity contribution in [1.82, 2.24) is 15.5 Å². The van der Waals surface area contributed by atoms with E-state index in [1.165, 1.54) is 0 Å². The number of amides is 1. The lowest BCUT2D eigenvalue weighted by Crippen LogP contribution is -2.36. The third-order valence-corrected chi connectivity index (χ3v) is 4.65. The molecule has 1 aromatic heterocycles. The zero-order valence-corrected chi connectivity index (χ0v) is 15.7. The predicted octanol–water partition coefficient (Wildman–Crippen LogP) is 2.73. The molecule has 2 aromatic carbocycles. The van der Waals surface area contributed by atoms with Crippen molar-refractivity contribution in [2.75, 3.05) is 31.2 Å². The van der Waals surface area contributed by atoms with Crippen molar-refractivity contribution in [2.45, 2.75) is 13.0 Å². The van der Waals surface area contributed by atoms with E-state index in [1.807, 2.05) is 60.4 Å². The van der Waals surface area contributed by atoms with Crippen LogP contribution in [0.3, 0.4) is 0 Å². The zero-order chi connectivity index (χ0) is 19.3. The first-order chi connectivity index (χ1) is 13.7. The Balaban J connectivity index is 1.61. The molecule has 0 radical (unpaired) electrons. The molecule has 1 unspecified atom stereocenters. The molecule has 3 aromatic rings. The summed E-state index contributed by atoms with van der Waals surface area (Å²) in [5, 5.41) is 11.4. The number of nitrogens with zero attached hydrogens (tertiary/aromatic N) is 3. The molecule has 7 nitrogen and oxygen atoms in total. The number of rotatable bonds is 5. The van der Waals surface area contributed by atoms with Crippen molar-refractivity contribution < 1.29 is 13.9 Å². The Bertz CT molecular complexity index is 936. The highest BCUT2D eigenvalue weighted by molar-refractivity contribution is 5.94. The van der Waals surface area contributed by atoms with Gasteiger partial charge in [0.25, 0.3) is 5.91 Å². The van der Waals surface area contributed by atoms with E-state index in [2.05, 4.69) is 15.5 Å². The Kier molecular flexibility index (Phi) is 5.34. The van der Waals surface area contributed by atoms with Crippen LogP contribution in [-0.2, 0) is 4.74 Å². The summed E-state index contributed by atoms with van der Waals surface area (Å²) in [6, 6.07) is 17.0. The molecule has 1 aliphatic rings. The van der Waals surface area contributed by atoms with Crippen LogP contribution in [0.1, 0.15) is 33.4 Å². The van der Waals surface area contributed by atoms with Crippen LogP contribution in [0.5, 0.6) is 0 Å². The van der Waals surface area contributed by atoms with Crippen molar-refractivity contribution >= 4 is 11.9 Å². The maximum atomic E-state index is 12.8. The minimum atomic E-state index is -0.531. The average Bonchev–Trinajstić information content (AvgIpc) is 3.23. The molecule has 1 fully saturated rings. The summed E-state index contributed by atoms with van der Waals surface area (Å²) in [7, 11) is 0. The van der Waals surface area contributed by atoms with Crippen molar-refractivity contribution in [1.29, 1.82) is 0 Å². The van der Waals surface area contributed by atoms with Crippen LogP contribution in [0.4, 0.5) is 6.01 Å². The van der Waals surface area contributed by atoms with Gasteiger partial charge in [-0.2, -0.15) is 0 Å². The van der Waals surface area contributed by atoms with E-state index in [1.54, 1.807) is 6.07 Å².